The zero-order valence-corrected chi connectivity index (χ0v) is 10.1. The number of hydrogen-bond acceptors (Lipinski definition) is 1. The van der Waals surface area contributed by atoms with Gasteiger partial charge in [0.2, 0.25) is 7.37 Å². The van der Waals surface area contributed by atoms with Crippen molar-refractivity contribution in [3.8, 4) is 0 Å². The van der Waals surface area contributed by atoms with Crippen LogP contribution in [0.1, 0.15) is 51.9 Å². The highest BCUT2D eigenvalue weighted by molar-refractivity contribution is 7.57. The van der Waals surface area contributed by atoms with E-state index in [0.717, 1.165) is 25.2 Å². The molecule has 0 aliphatic heterocycles. The normalized spacial score (nSPS) is 22.4. The van der Waals surface area contributed by atoms with Gasteiger partial charge in [-0.05, 0) is 18.8 Å². The van der Waals surface area contributed by atoms with Gasteiger partial charge in [-0.2, -0.15) is 0 Å². The topological polar surface area (TPSA) is 37.3 Å². The van der Waals surface area contributed by atoms with Crippen molar-refractivity contribution >= 4 is 7.37 Å². The highest BCUT2D eigenvalue weighted by atomic mass is 31.2. The molecule has 0 amide bonds. The van der Waals surface area contributed by atoms with Crippen LogP contribution in [0, 0.1) is 5.92 Å². The summed E-state index contributed by atoms with van der Waals surface area (Å²) in [6.45, 7) is 2.07. The zero-order chi connectivity index (χ0) is 10.4. The minimum absolute atomic E-state index is 0.538. The fraction of sp³-hybridized carbons (Fsp3) is 1.00. The molecule has 14 heavy (non-hydrogen) atoms. The minimum Gasteiger partial charge on any atom is -0.344 e. The number of rotatable bonds is 6. The van der Waals surface area contributed by atoms with Gasteiger partial charge in [-0.1, -0.05) is 39.0 Å². The summed E-state index contributed by atoms with van der Waals surface area (Å²) < 4.78 is 11.7. The third-order valence-corrected chi connectivity index (χ3v) is 5.19. The Hall–Kier alpha value is 0.190. The van der Waals surface area contributed by atoms with Gasteiger partial charge >= 0.3 is 0 Å². The Morgan fingerprint density at radius 2 is 1.93 bits per heavy atom. The average Bonchev–Trinajstić information content (AvgIpc) is 2.64. The second kappa shape index (κ2) is 5.92. The third-order valence-electron chi connectivity index (χ3n) is 3.22. The van der Waals surface area contributed by atoms with Crippen LogP contribution in [0.5, 0.6) is 0 Å². The fourth-order valence-electron chi connectivity index (χ4n) is 2.20. The summed E-state index contributed by atoms with van der Waals surface area (Å²) in [5.41, 5.74) is 0. The Balaban J connectivity index is 2.17. The van der Waals surface area contributed by atoms with Gasteiger partial charge in [0.1, 0.15) is 0 Å². The highest BCUT2D eigenvalue weighted by Crippen LogP contribution is 2.44. The van der Waals surface area contributed by atoms with E-state index in [1.54, 1.807) is 0 Å². The van der Waals surface area contributed by atoms with Gasteiger partial charge in [0.15, 0.2) is 0 Å². The maximum absolute atomic E-state index is 11.7. The van der Waals surface area contributed by atoms with Crippen LogP contribution in [0.3, 0.4) is 0 Å². The Labute approximate surface area is 87.6 Å². The second-order valence-corrected chi connectivity index (χ2v) is 7.17. The van der Waals surface area contributed by atoms with Crippen molar-refractivity contribution in [3.05, 3.63) is 0 Å². The van der Waals surface area contributed by atoms with Crippen LogP contribution in [-0.2, 0) is 4.57 Å². The highest BCUT2D eigenvalue weighted by Gasteiger charge is 2.21. The van der Waals surface area contributed by atoms with Crippen molar-refractivity contribution in [3.63, 3.8) is 0 Å². The maximum atomic E-state index is 11.7. The second-order valence-electron chi connectivity index (χ2n) is 4.59. The van der Waals surface area contributed by atoms with Gasteiger partial charge in [0.25, 0.3) is 0 Å². The molecule has 1 aliphatic rings. The van der Waals surface area contributed by atoms with Crippen molar-refractivity contribution in [2.45, 2.75) is 51.9 Å². The van der Waals surface area contributed by atoms with Gasteiger partial charge in [-0.25, -0.2) is 0 Å². The first-order chi connectivity index (χ1) is 6.64. The van der Waals surface area contributed by atoms with Gasteiger partial charge in [-0.3, -0.25) is 4.57 Å². The minimum atomic E-state index is -2.76. The van der Waals surface area contributed by atoms with E-state index in [9.17, 15) is 9.46 Å². The lowest BCUT2D eigenvalue weighted by atomic mass is 10.1. The van der Waals surface area contributed by atoms with Gasteiger partial charge in [0, 0.05) is 12.3 Å². The van der Waals surface area contributed by atoms with Crippen LogP contribution in [0.4, 0.5) is 0 Å². The molecule has 3 heteroatoms. The number of unbranched alkanes of at least 4 members (excludes halogenated alkanes) is 1. The average molecular weight is 218 g/mol. The summed E-state index contributed by atoms with van der Waals surface area (Å²) in [4.78, 5) is 9.66. The summed E-state index contributed by atoms with van der Waals surface area (Å²) in [5, 5.41) is 0. The molecule has 0 heterocycles. The van der Waals surface area contributed by atoms with Gasteiger partial charge < -0.3 is 4.89 Å². The lowest BCUT2D eigenvalue weighted by Gasteiger charge is -2.13. The molecular formula is C11H23O2P. The first-order valence-corrected chi connectivity index (χ1v) is 7.98. The van der Waals surface area contributed by atoms with Gasteiger partial charge in [0.05, 0.1) is 0 Å². The van der Waals surface area contributed by atoms with E-state index >= 15 is 0 Å². The molecule has 0 spiro atoms. The van der Waals surface area contributed by atoms with Crippen LogP contribution >= 0.6 is 7.37 Å². The molecule has 0 aromatic rings. The smallest absolute Gasteiger partial charge is 0.200 e. The van der Waals surface area contributed by atoms with Crippen molar-refractivity contribution < 1.29 is 9.46 Å². The van der Waals surface area contributed by atoms with Crippen LogP contribution in [-0.4, -0.2) is 17.2 Å². The van der Waals surface area contributed by atoms with E-state index in [2.05, 4.69) is 6.92 Å². The standard InChI is InChI=1S/C11H23O2P/c1-2-3-9-14(12,13)10-8-11-6-4-5-7-11/h11H,2-10H2,1H3,(H,12,13). The number of hydrogen-bond donors (Lipinski definition) is 1. The molecule has 1 fully saturated rings. The predicted molar refractivity (Wildman–Crippen MR) is 61.0 cm³/mol. The molecule has 0 saturated heterocycles. The Morgan fingerprint density at radius 1 is 1.29 bits per heavy atom. The summed E-state index contributed by atoms with van der Waals surface area (Å²) in [5.74, 6) is 0.747. The first-order valence-electron chi connectivity index (χ1n) is 5.95. The third kappa shape index (κ3) is 4.61. The largest absolute Gasteiger partial charge is 0.344 e. The van der Waals surface area contributed by atoms with Crippen molar-refractivity contribution in [2.24, 2.45) is 5.92 Å². The van der Waals surface area contributed by atoms with Crippen molar-refractivity contribution in [2.75, 3.05) is 12.3 Å². The van der Waals surface area contributed by atoms with E-state index in [1.807, 2.05) is 0 Å². The lowest BCUT2D eigenvalue weighted by Crippen LogP contribution is -2.01. The van der Waals surface area contributed by atoms with Crippen molar-refractivity contribution in [1.82, 2.24) is 0 Å². The molecule has 1 unspecified atom stereocenters. The first kappa shape index (κ1) is 12.3. The van der Waals surface area contributed by atoms with E-state index < -0.39 is 7.37 Å². The monoisotopic (exact) mass is 218 g/mol. The molecule has 0 aromatic carbocycles. The molecule has 1 saturated carbocycles. The lowest BCUT2D eigenvalue weighted by molar-refractivity contribution is 0.458. The molecule has 2 nitrogen and oxygen atoms in total. The van der Waals surface area contributed by atoms with E-state index in [0.29, 0.717) is 12.3 Å². The summed E-state index contributed by atoms with van der Waals surface area (Å²) >= 11 is 0. The van der Waals surface area contributed by atoms with E-state index in [4.69, 9.17) is 0 Å². The molecule has 1 N–H and O–H groups in total. The fourth-order valence-corrected chi connectivity index (χ4v) is 4.00. The summed E-state index contributed by atoms with van der Waals surface area (Å²) in [7, 11) is -2.76. The quantitative estimate of drug-likeness (QED) is 0.691. The predicted octanol–water partition coefficient (Wildman–Crippen LogP) is 3.64. The summed E-state index contributed by atoms with van der Waals surface area (Å²) in [6, 6.07) is 0. The molecule has 0 radical (unpaired) electrons. The summed E-state index contributed by atoms with van der Waals surface area (Å²) in [6.07, 6.45) is 9.24. The Morgan fingerprint density at radius 3 is 2.50 bits per heavy atom. The molecule has 0 bridgehead atoms. The van der Waals surface area contributed by atoms with Gasteiger partial charge in [-0.15, -0.1) is 0 Å². The van der Waals surface area contributed by atoms with E-state index in [1.165, 1.54) is 25.7 Å². The molecule has 0 aromatic heterocycles. The van der Waals surface area contributed by atoms with Crippen molar-refractivity contribution in [1.29, 1.82) is 0 Å². The maximum Gasteiger partial charge on any atom is 0.200 e. The molecule has 84 valence electrons. The van der Waals surface area contributed by atoms with E-state index in [-0.39, 0.29) is 0 Å². The van der Waals surface area contributed by atoms with Crippen LogP contribution in [0.25, 0.3) is 0 Å². The molecule has 1 atom stereocenters. The molecule has 1 aliphatic carbocycles. The SMILES string of the molecule is CCCCP(=O)(O)CCC1CCCC1. The van der Waals surface area contributed by atoms with Crippen LogP contribution in [0.15, 0.2) is 0 Å². The molecule has 1 rings (SSSR count). The van der Waals surface area contributed by atoms with Crippen LogP contribution < -0.4 is 0 Å². The zero-order valence-electron chi connectivity index (χ0n) is 9.24. The van der Waals surface area contributed by atoms with Crippen LogP contribution in [0.2, 0.25) is 0 Å². The Kier molecular flexibility index (Phi) is 5.19. The molecular weight excluding hydrogens is 195 g/mol. The Bertz CT molecular complexity index is 197.